The van der Waals surface area contributed by atoms with Gasteiger partial charge in [-0.05, 0) is 50.2 Å². The molecule has 0 spiro atoms. The van der Waals surface area contributed by atoms with Gasteiger partial charge in [-0.3, -0.25) is 4.79 Å². The summed E-state index contributed by atoms with van der Waals surface area (Å²) in [6, 6.07) is 14.6. The molecule has 3 heteroatoms. The first-order valence-electron chi connectivity index (χ1n) is 6.21. The van der Waals surface area contributed by atoms with Crippen molar-refractivity contribution in [3.8, 4) is 17.2 Å². The molecule has 0 radical (unpaired) electrons. The van der Waals surface area contributed by atoms with Gasteiger partial charge in [0.2, 0.25) is 0 Å². The van der Waals surface area contributed by atoms with Crippen molar-refractivity contribution in [3.63, 3.8) is 0 Å². The first kappa shape index (κ1) is 13.1. The van der Waals surface area contributed by atoms with Crippen LogP contribution in [0.5, 0.6) is 17.2 Å². The molecule has 98 valence electrons. The number of Topliss-reactive ketones (excluding diaryl/α,β-unsaturated/α-hetero) is 1. The van der Waals surface area contributed by atoms with Gasteiger partial charge in [-0.1, -0.05) is 12.1 Å². The minimum Gasteiger partial charge on any atom is -0.490 e. The highest BCUT2D eigenvalue weighted by Crippen LogP contribution is 2.31. The summed E-state index contributed by atoms with van der Waals surface area (Å²) < 4.78 is 11.3. The van der Waals surface area contributed by atoms with Gasteiger partial charge in [0.05, 0.1) is 6.61 Å². The average Bonchev–Trinajstić information content (AvgIpc) is 2.42. The zero-order valence-corrected chi connectivity index (χ0v) is 11.1. The van der Waals surface area contributed by atoms with E-state index in [4.69, 9.17) is 9.47 Å². The predicted octanol–water partition coefficient (Wildman–Crippen LogP) is 4.08. The topological polar surface area (TPSA) is 35.5 Å². The van der Waals surface area contributed by atoms with Crippen molar-refractivity contribution < 1.29 is 14.3 Å². The van der Waals surface area contributed by atoms with Crippen LogP contribution in [0.1, 0.15) is 24.2 Å². The van der Waals surface area contributed by atoms with E-state index >= 15 is 0 Å². The Balaban J connectivity index is 2.19. The van der Waals surface area contributed by atoms with E-state index in [-0.39, 0.29) is 5.78 Å². The quantitative estimate of drug-likeness (QED) is 0.756. The van der Waals surface area contributed by atoms with Gasteiger partial charge in [-0.15, -0.1) is 0 Å². The summed E-state index contributed by atoms with van der Waals surface area (Å²) in [5, 5.41) is 0. The van der Waals surface area contributed by atoms with Crippen LogP contribution in [0.4, 0.5) is 0 Å². The lowest BCUT2D eigenvalue weighted by molar-refractivity contribution is 0.101. The maximum atomic E-state index is 11.2. The Hall–Kier alpha value is -2.29. The van der Waals surface area contributed by atoms with Gasteiger partial charge >= 0.3 is 0 Å². The van der Waals surface area contributed by atoms with E-state index in [0.29, 0.717) is 29.4 Å². The highest BCUT2D eigenvalue weighted by Gasteiger charge is 2.05. The fourth-order valence-electron chi connectivity index (χ4n) is 1.69. The molecule has 0 bridgehead atoms. The first-order chi connectivity index (χ1) is 9.20. The lowest BCUT2D eigenvalue weighted by Gasteiger charge is -2.11. The molecule has 0 atom stereocenters. The molecule has 0 aliphatic heterocycles. The fraction of sp³-hybridized carbons (Fsp3) is 0.188. The second kappa shape index (κ2) is 6.05. The standard InChI is InChI=1S/C16H16O3/c1-3-18-15-6-4-5-7-16(15)19-14-10-8-13(9-11-14)12(2)17/h4-11H,3H2,1-2H3. The predicted molar refractivity (Wildman–Crippen MR) is 74.1 cm³/mol. The van der Waals surface area contributed by atoms with Crippen LogP contribution in [-0.4, -0.2) is 12.4 Å². The summed E-state index contributed by atoms with van der Waals surface area (Å²) in [7, 11) is 0. The molecule has 0 aromatic heterocycles. The van der Waals surface area contributed by atoms with Crippen LogP contribution in [0.15, 0.2) is 48.5 Å². The molecule has 19 heavy (non-hydrogen) atoms. The van der Waals surface area contributed by atoms with Crippen LogP contribution in [-0.2, 0) is 0 Å². The third kappa shape index (κ3) is 3.35. The molecule has 0 N–H and O–H groups in total. The van der Waals surface area contributed by atoms with Crippen molar-refractivity contribution >= 4 is 5.78 Å². The molecular weight excluding hydrogens is 240 g/mol. The van der Waals surface area contributed by atoms with Gasteiger partial charge in [0.1, 0.15) is 5.75 Å². The van der Waals surface area contributed by atoms with Crippen LogP contribution >= 0.6 is 0 Å². The van der Waals surface area contributed by atoms with Crippen molar-refractivity contribution in [2.75, 3.05) is 6.61 Å². The van der Waals surface area contributed by atoms with Gasteiger partial charge in [0.25, 0.3) is 0 Å². The zero-order valence-electron chi connectivity index (χ0n) is 11.1. The van der Waals surface area contributed by atoms with Crippen molar-refractivity contribution in [3.05, 3.63) is 54.1 Å². The Morgan fingerprint density at radius 1 is 1.00 bits per heavy atom. The molecule has 0 unspecified atom stereocenters. The Bertz CT molecular complexity index is 558. The summed E-state index contributed by atoms with van der Waals surface area (Å²) >= 11 is 0. The summed E-state index contributed by atoms with van der Waals surface area (Å²) in [5.41, 5.74) is 0.672. The van der Waals surface area contributed by atoms with E-state index in [1.165, 1.54) is 0 Å². The molecule has 0 aliphatic carbocycles. The van der Waals surface area contributed by atoms with Crippen molar-refractivity contribution in [1.29, 1.82) is 0 Å². The summed E-state index contributed by atoms with van der Waals surface area (Å²) in [6.45, 7) is 4.06. The number of ether oxygens (including phenoxy) is 2. The average molecular weight is 256 g/mol. The summed E-state index contributed by atoms with van der Waals surface area (Å²) in [4.78, 5) is 11.2. The van der Waals surface area contributed by atoms with Crippen molar-refractivity contribution in [2.45, 2.75) is 13.8 Å². The maximum absolute atomic E-state index is 11.2. The maximum Gasteiger partial charge on any atom is 0.169 e. The van der Waals surface area contributed by atoms with Gasteiger partial charge in [-0.2, -0.15) is 0 Å². The molecule has 0 aliphatic rings. The number of benzene rings is 2. The van der Waals surface area contributed by atoms with Crippen LogP contribution in [0.2, 0.25) is 0 Å². The SMILES string of the molecule is CCOc1ccccc1Oc1ccc(C(C)=O)cc1. The van der Waals surface area contributed by atoms with E-state index in [2.05, 4.69) is 0 Å². The third-order valence-electron chi connectivity index (χ3n) is 2.64. The fourth-order valence-corrected chi connectivity index (χ4v) is 1.69. The highest BCUT2D eigenvalue weighted by atomic mass is 16.5. The minimum atomic E-state index is 0.0428. The number of para-hydroxylation sites is 2. The number of rotatable bonds is 5. The van der Waals surface area contributed by atoms with Gasteiger partial charge in [-0.25, -0.2) is 0 Å². The molecule has 0 fully saturated rings. The van der Waals surface area contributed by atoms with Crippen LogP contribution < -0.4 is 9.47 Å². The Kier molecular flexibility index (Phi) is 4.18. The van der Waals surface area contributed by atoms with Gasteiger partial charge in [0.15, 0.2) is 17.3 Å². The van der Waals surface area contributed by atoms with Crippen LogP contribution in [0.3, 0.4) is 0 Å². The molecule has 0 saturated carbocycles. The number of hydrogen-bond acceptors (Lipinski definition) is 3. The normalized spacial score (nSPS) is 10.0. The molecule has 2 rings (SSSR count). The number of carbonyl (C=O) groups is 1. The van der Waals surface area contributed by atoms with Crippen LogP contribution in [0.25, 0.3) is 0 Å². The first-order valence-corrected chi connectivity index (χ1v) is 6.21. The zero-order chi connectivity index (χ0) is 13.7. The van der Waals surface area contributed by atoms with Crippen LogP contribution in [0, 0.1) is 0 Å². The molecule has 2 aromatic rings. The number of carbonyl (C=O) groups excluding carboxylic acids is 1. The molecule has 3 nitrogen and oxygen atoms in total. The molecule has 2 aromatic carbocycles. The number of ketones is 1. The molecule has 0 heterocycles. The molecule has 0 amide bonds. The smallest absolute Gasteiger partial charge is 0.169 e. The second-order valence-electron chi connectivity index (χ2n) is 4.06. The van der Waals surface area contributed by atoms with E-state index < -0.39 is 0 Å². The van der Waals surface area contributed by atoms with Crippen molar-refractivity contribution in [2.24, 2.45) is 0 Å². The molecule has 0 saturated heterocycles. The van der Waals surface area contributed by atoms with E-state index in [1.54, 1.807) is 31.2 Å². The van der Waals surface area contributed by atoms with E-state index in [0.717, 1.165) is 0 Å². The number of hydrogen-bond donors (Lipinski definition) is 0. The Morgan fingerprint density at radius 2 is 1.63 bits per heavy atom. The van der Waals surface area contributed by atoms with Gasteiger partial charge < -0.3 is 9.47 Å². The largest absolute Gasteiger partial charge is 0.490 e. The lowest BCUT2D eigenvalue weighted by Crippen LogP contribution is -1.95. The minimum absolute atomic E-state index is 0.0428. The van der Waals surface area contributed by atoms with Gasteiger partial charge in [0, 0.05) is 5.56 Å². The third-order valence-corrected chi connectivity index (χ3v) is 2.64. The van der Waals surface area contributed by atoms with E-state index in [1.807, 2.05) is 31.2 Å². The molecular formula is C16H16O3. The lowest BCUT2D eigenvalue weighted by atomic mass is 10.1. The van der Waals surface area contributed by atoms with Crippen molar-refractivity contribution in [1.82, 2.24) is 0 Å². The second-order valence-corrected chi connectivity index (χ2v) is 4.06. The summed E-state index contributed by atoms with van der Waals surface area (Å²) in [5.74, 6) is 2.10. The van der Waals surface area contributed by atoms with E-state index in [9.17, 15) is 4.79 Å². The summed E-state index contributed by atoms with van der Waals surface area (Å²) in [6.07, 6.45) is 0. The highest BCUT2D eigenvalue weighted by molar-refractivity contribution is 5.94. The Morgan fingerprint density at radius 3 is 2.21 bits per heavy atom. The monoisotopic (exact) mass is 256 g/mol. The Labute approximate surface area is 112 Å².